The second-order valence-electron chi connectivity index (χ2n) is 2.72. The van der Waals surface area contributed by atoms with E-state index in [-0.39, 0.29) is 45.5 Å². The molecule has 1 aromatic carbocycles. The summed E-state index contributed by atoms with van der Waals surface area (Å²) < 4.78 is 30.0. The van der Waals surface area contributed by atoms with E-state index in [0.717, 1.165) is 11.1 Å². The molecule has 0 aromatic heterocycles. The molecule has 13 heavy (non-hydrogen) atoms. The van der Waals surface area contributed by atoms with E-state index in [0.29, 0.717) is 0 Å². The van der Waals surface area contributed by atoms with Crippen molar-refractivity contribution in [3.63, 3.8) is 0 Å². The Morgan fingerprint density at radius 3 is 2.15 bits per heavy atom. The molecule has 0 fully saturated rings. The van der Waals surface area contributed by atoms with Gasteiger partial charge in [0.2, 0.25) is 0 Å². The number of hydrogen-bond donors (Lipinski definition) is 1. The molecule has 0 heterocycles. The topological polar surface area (TPSA) is 54.4 Å². The van der Waals surface area contributed by atoms with E-state index in [1.807, 2.05) is 6.92 Å². The summed E-state index contributed by atoms with van der Waals surface area (Å²) in [5.41, 5.74) is 1.85. The van der Waals surface area contributed by atoms with Gasteiger partial charge in [-0.15, -0.1) is 0 Å². The average molecular weight is 228 g/mol. The molecule has 70 valence electrons. The van der Waals surface area contributed by atoms with Crippen molar-refractivity contribution < 1.29 is 15.8 Å². The molecule has 0 amide bonds. The van der Waals surface area contributed by atoms with Crippen molar-refractivity contribution >= 4 is 47.9 Å². The first kappa shape index (κ1) is 13.4. The van der Waals surface area contributed by atoms with E-state index in [4.69, 9.17) is 4.55 Å². The molecule has 0 bridgehead atoms. The van der Waals surface area contributed by atoms with Gasteiger partial charge in [-0.2, -0.15) is 8.42 Å². The van der Waals surface area contributed by atoms with Crippen LogP contribution in [-0.4, -0.2) is 50.7 Å². The Hall–Kier alpha value is 0.390. The van der Waals surface area contributed by atoms with E-state index in [1.165, 1.54) is 12.1 Å². The van der Waals surface area contributed by atoms with E-state index >= 15 is 0 Å². The van der Waals surface area contributed by atoms with Crippen LogP contribution in [0.25, 0.3) is 0 Å². The van der Waals surface area contributed by atoms with Crippen LogP contribution in [0.1, 0.15) is 14.0 Å². The minimum absolute atomic E-state index is 0. The van der Waals surface area contributed by atoms with Gasteiger partial charge in [-0.05, 0) is 37.1 Å². The van der Waals surface area contributed by atoms with Crippen LogP contribution in [0.4, 0.5) is 0 Å². The maximum atomic E-state index is 10.7. The average Bonchev–Trinajstić information content (AvgIpc) is 1.92. The molecule has 0 saturated heterocycles. The quantitative estimate of drug-likeness (QED) is 0.584. The summed E-state index contributed by atoms with van der Waals surface area (Å²) in [6.45, 7) is 3.67. The zero-order valence-corrected chi connectivity index (χ0v) is 10.6. The first-order valence-electron chi connectivity index (χ1n) is 3.46. The van der Waals surface area contributed by atoms with Crippen LogP contribution >= 0.6 is 0 Å². The standard InChI is InChI=1S/C8H10O3S.Ca.2H/c1-6-3-4-8(5-7(6)2)12(9,10)11;;;/h3-5H,1-2H3,(H,9,10,11);;;/q;+2;2*-1. The van der Waals surface area contributed by atoms with Crippen LogP contribution in [0.2, 0.25) is 0 Å². The van der Waals surface area contributed by atoms with E-state index in [9.17, 15) is 8.42 Å². The monoisotopic (exact) mass is 228 g/mol. The molecule has 0 radical (unpaired) electrons. The van der Waals surface area contributed by atoms with Crippen molar-refractivity contribution in [3.05, 3.63) is 29.3 Å². The minimum Gasteiger partial charge on any atom is -1.00 e. The summed E-state index contributed by atoms with van der Waals surface area (Å²) in [6, 6.07) is 4.50. The number of hydrogen-bond acceptors (Lipinski definition) is 2. The molecule has 0 spiro atoms. The van der Waals surface area contributed by atoms with Crippen molar-refractivity contribution in [2.45, 2.75) is 18.7 Å². The molecule has 1 rings (SSSR count). The molecule has 0 aliphatic carbocycles. The van der Waals surface area contributed by atoms with Gasteiger partial charge >= 0.3 is 37.7 Å². The summed E-state index contributed by atoms with van der Waals surface area (Å²) >= 11 is 0. The molecular formula is C8H12CaO3S. The Bertz CT molecular complexity index is 406. The maximum absolute atomic E-state index is 10.7. The van der Waals surface area contributed by atoms with Crippen molar-refractivity contribution in [2.24, 2.45) is 0 Å². The van der Waals surface area contributed by atoms with Gasteiger partial charge < -0.3 is 2.85 Å². The second kappa shape index (κ2) is 4.75. The van der Waals surface area contributed by atoms with Gasteiger partial charge in [0.15, 0.2) is 0 Å². The summed E-state index contributed by atoms with van der Waals surface area (Å²) in [7, 11) is -4.04. The molecule has 0 unspecified atom stereocenters. The molecule has 0 atom stereocenters. The van der Waals surface area contributed by atoms with Gasteiger partial charge in [0, 0.05) is 0 Å². The third-order valence-corrected chi connectivity index (χ3v) is 2.63. The van der Waals surface area contributed by atoms with Gasteiger partial charge in [-0.1, -0.05) is 6.07 Å². The molecular weight excluding hydrogens is 216 g/mol. The Morgan fingerprint density at radius 2 is 1.77 bits per heavy atom. The normalized spacial score (nSPS) is 10.7. The maximum Gasteiger partial charge on any atom is 2.00 e. The van der Waals surface area contributed by atoms with Crippen molar-refractivity contribution in [1.82, 2.24) is 0 Å². The fraction of sp³-hybridized carbons (Fsp3) is 0.250. The Labute approximate surface area is 111 Å². The van der Waals surface area contributed by atoms with Gasteiger partial charge in [0.05, 0.1) is 4.90 Å². The van der Waals surface area contributed by atoms with Crippen molar-refractivity contribution in [2.75, 3.05) is 0 Å². The third kappa shape index (κ3) is 3.56. The van der Waals surface area contributed by atoms with Gasteiger partial charge in [0.1, 0.15) is 0 Å². The molecule has 5 heteroatoms. The summed E-state index contributed by atoms with van der Waals surface area (Å²) in [4.78, 5) is -0.0504. The van der Waals surface area contributed by atoms with Crippen LogP contribution in [-0.2, 0) is 10.1 Å². The van der Waals surface area contributed by atoms with Gasteiger partial charge in [0.25, 0.3) is 10.1 Å². The first-order chi connectivity index (χ1) is 5.41. The third-order valence-electron chi connectivity index (χ3n) is 1.78. The van der Waals surface area contributed by atoms with E-state index in [2.05, 4.69) is 0 Å². The van der Waals surface area contributed by atoms with Crippen LogP contribution < -0.4 is 0 Å². The van der Waals surface area contributed by atoms with Crippen LogP contribution in [0.5, 0.6) is 0 Å². The second-order valence-corrected chi connectivity index (χ2v) is 4.14. The van der Waals surface area contributed by atoms with E-state index < -0.39 is 10.1 Å². The zero-order valence-electron chi connectivity index (χ0n) is 9.61. The van der Waals surface area contributed by atoms with Crippen LogP contribution in [0.3, 0.4) is 0 Å². The summed E-state index contributed by atoms with van der Waals surface area (Å²) in [6.07, 6.45) is 0. The van der Waals surface area contributed by atoms with E-state index in [1.54, 1.807) is 13.0 Å². The zero-order chi connectivity index (χ0) is 9.35. The predicted octanol–water partition coefficient (Wildman–Crippen LogP) is 1.39. The largest absolute Gasteiger partial charge is 2.00 e. The minimum atomic E-state index is -4.04. The number of rotatable bonds is 1. The first-order valence-corrected chi connectivity index (χ1v) is 4.90. The molecule has 0 aliphatic rings. The number of benzene rings is 1. The predicted molar refractivity (Wildman–Crippen MR) is 53.7 cm³/mol. The Morgan fingerprint density at radius 1 is 1.23 bits per heavy atom. The number of aryl methyl sites for hydroxylation is 2. The van der Waals surface area contributed by atoms with Crippen molar-refractivity contribution in [3.8, 4) is 0 Å². The molecule has 0 saturated carbocycles. The summed E-state index contributed by atoms with van der Waals surface area (Å²) in [5.74, 6) is 0. The van der Waals surface area contributed by atoms with Gasteiger partial charge in [-0.3, -0.25) is 4.55 Å². The van der Waals surface area contributed by atoms with Gasteiger partial charge in [-0.25, -0.2) is 0 Å². The molecule has 3 nitrogen and oxygen atoms in total. The van der Waals surface area contributed by atoms with Crippen LogP contribution in [0, 0.1) is 13.8 Å². The smallest absolute Gasteiger partial charge is 1.00 e. The van der Waals surface area contributed by atoms with Crippen molar-refractivity contribution in [1.29, 1.82) is 0 Å². The molecule has 0 aliphatic heterocycles. The fourth-order valence-corrected chi connectivity index (χ4v) is 1.44. The Kier molecular flexibility index (Phi) is 4.90. The fourth-order valence-electron chi connectivity index (χ4n) is 0.874. The molecule has 1 aromatic rings. The Balaban J connectivity index is -0.000000480. The molecule has 1 N–H and O–H groups in total. The van der Waals surface area contributed by atoms with Crippen LogP contribution in [0.15, 0.2) is 23.1 Å². The SMILES string of the molecule is Cc1ccc(S(=O)(=O)O)cc1C.[Ca+2].[H-].[H-]. The summed E-state index contributed by atoms with van der Waals surface area (Å²) in [5, 5.41) is 0.